The molecule has 0 amide bonds. The van der Waals surface area contributed by atoms with Gasteiger partial charge in [0.2, 0.25) is 5.95 Å². The Morgan fingerprint density at radius 1 is 0.353 bits per heavy atom. The Morgan fingerprint density at radius 2 is 0.824 bits per heavy atom. The summed E-state index contributed by atoms with van der Waals surface area (Å²) in [7, 11) is 0. The number of nitrogens with zero attached hydrogens (tertiary/aromatic N) is 3. The lowest BCUT2D eigenvalue weighted by atomic mass is 9.88. The Kier molecular flexibility index (Phi) is 6.62. The number of aromatic nitrogens is 3. The normalized spacial score (nSPS) is 11.7. The van der Waals surface area contributed by atoms with Gasteiger partial charge in [-0.3, -0.25) is 4.57 Å². The second kappa shape index (κ2) is 11.5. The van der Waals surface area contributed by atoms with Crippen LogP contribution < -0.4 is 0 Å². The molecule has 0 atom stereocenters. The Hall–Kier alpha value is -6.58. The Balaban J connectivity index is 1.16. The molecule has 0 radical (unpaired) electrons. The van der Waals surface area contributed by atoms with E-state index in [-0.39, 0.29) is 0 Å². The molecular formula is C48H33N3. The average molecular weight is 652 g/mol. The van der Waals surface area contributed by atoms with E-state index in [1.807, 2.05) is 6.07 Å². The van der Waals surface area contributed by atoms with Crippen molar-refractivity contribution in [3.05, 3.63) is 175 Å². The first-order chi connectivity index (χ1) is 25.1. The molecule has 3 nitrogen and oxygen atoms in total. The fraction of sp³-hybridized carbons (Fsp3) is 0.0417. The number of aryl methyl sites for hydroxylation is 2. The number of para-hydroxylation sites is 2. The summed E-state index contributed by atoms with van der Waals surface area (Å²) >= 11 is 0. The molecule has 8 aromatic carbocycles. The summed E-state index contributed by atoms with van der Waals surface area (Å²) in [5.74, 6) is 0.662. The minimum atomic E-state index is 0.662. The molecule has 2 heterocycles. The van der Waals surface area contributed by atoms with Gasteiger partial charge in [0.25, 0.3) is 0 Å². The summed E-state index contributed by atoms with van der Waals surface area (Å²) in [4.78, 5) is 10.5. The second-order valence-electron chi connectivity index (χ2n) is 13.5. The summed E-state index contributed by atoms with van der Waals surface area (Å²) in [5, 5.41) is 10.1. The number of fused-ring (bicyclic) bond motifs is 9. The van der Waals surface area contributed by atoms with Crippen LogP contribution in [0, 0.1) is 13.8 Å². The molecule has 0 saturated heterocycles. The van der Waals surface area contributed by atoms with Crippen LogP contribution in [0.25, 0.3) is 93.7 Å². The standard InChI is InChI=1S/C48H33N3/c1-30-26-33(24-25-34(30)41-28-43-38-19-9-7-17-36(38)35-16-6-8-18-37(35)42(43)27-31(41)2)45-29-44(32-14-4-3-5-15-32)49-48(50-45)51-46-22-12-10-20-39(46)40-21-11-13-23-47(40)51/h3-29H,1-2H3. The topological polar surface area (TPSA) is 30.7 Å². The highest BCUT2D eigenvalue weighted by Gasteiger charge is 2.18. The van der Waals surface area contributed by atoms with Crippen molar-refractivity contribution in [3.8, 4) is 39.6 Å². The third-order valence-electron chi connectivity index (χ3n) is 10.5. The van der Waals surface area contributed by atoms with Gasteiger partial charge in [-0.25, -0.2) is 9.97 Å². The third kappa shape index (κ3) is 4.66. The fourth-order valence-electron chi connectivity index (χ4n) is 8.05. The lowest BCUT2D eigenvalue weighted by molar-refractivity contribution is 0.995. The molecule has 10 rings (SSSR count). The van der Waals surface area contributed by atoms with E-state index in [2.05, 4.69) is 176 Å². The molecule has 0 spiro atoms. The molecule has 0 N–H and O–H groups in total. The maximum Gasteiger partial charge on any atom is 0.235 e. The Bertz CT molecular complexity index is 2940. The molecule has 0 aliphatic carbocycles. The number of rotatable bonds is 4. The first kappa shape index (κ1) is 29.3. The average Bonchev–Trinajstić information content (AvgIpc) is 3.52. The summed E-state index contributed by atoms with van der Waals surface area (Å²) < 4.78 is 2.20. The van der Waals surface area contributed by atoms with Crippen molar-refractivity contribution in [3.63, 3.8) is 0 Å². The Labute approximate surface area is 296 Å². The van der Waals surface area contributed by atoms with E-state index < -0.39 is 0 Å². The predicted octanol–water partition coefficient (Wildman–Crippen LogP) is 12.7. The van der Waals surface area contributed by atoms with Crippen molar-refractivity contribution in [2.75, 3.05) is 0 Å². The molecule has 0 saturated carbocycles. The highest BCUT2D eigenvalue weighted by Crippen LogP contribution is 2.40. The van der Waals surface area contributed by atoms with Crippen LogP contribution in [0.5, 0.6) is 0 Å². The first-order valence-corrected chi connectivity index (χ1v) is 17.5. The molecule has 51 heavy (non-hydrogen) atoms. The minimum absolute atomic E-state index is 0.662. The van der Waals surface area contributed by atoms with E-state index in [9.17, 15) is 0 Å². The number of hydrogen-bond acceptors (Lipinski definition) is 2. The van der Waals surface area contributed by atoms with Gasteiger partial charge < -0.3 is 0 Å². The lowest BCUT2D eigenvalue weighted by Gasteiger charge is -2.16. The van der Waals surface area contributed by atoms with Gasteiger partial charge in [-0.1, -0.05) is 133 Å². The largest absolute Gasteiger partial charge is 0.278 e. The van der Waals surface area contributed by atoms with E-state index in [1.54, 1.807) is 0 Å². The molecule has 0 fully saturated rings. The van der Waals surface area contributed by atoms with Crippen LogP contribution in [-0.4, -0.2) is 14.5 Å². The molecule has 0 aliphatic rings. The fourth-order valence-corrected chi connectivity index (χ4v) is 8.05. The smallest absolute Gasteiger partial charge is 0.235 e. The predicted molar refractivity (Wildman–Crippen MR) is 215 cm³/mol. The number of benzene rings is 8. The maximum absolute atomic E-state index is 5.29. The summed E-state index contributed by atoms with van der Waals surface area (Å²) in [6, 6.07) is 58.7. The minimum Gasteiger partial charge on any atom is -0.278 e. The van der Waals surface area contributed by atoms with Crippen LogP contribution >= 0.6 is 0 Å². The monoisotopic (exact) mass is 651 g/mol. The SMILES string of the molecule is Cc1cc(-c2cc(-c3ccccc3)nc(-n3c4ccccc4c4ccccc43)n2)ccc1-c1cc2c3ccccc3c3ccccc3c2cc1C. The van der Waals surface area contributed by atoms with Crippen LogP contribution in [-0.2, 0) is 0 Å². The number of hydrogen-bond donors (Lipinski definition) is 0. The summed E-state index contributed by atoms with van der Waals surface area (Å²) in [5.41, 5.74) is 11.0. The van der Waals surface area contributed by atoms with Crippen molar-refractivity contribution >= 4 is 54.1 Å². The molecule has 0 aliphatic heterocycles. The van der Waals surface area contributed by atoms with Crippen LogP contribution in [0.1, 0.15) is 11.1 Å². The van der Waals surface area contributed by atoms with Gasteiger partial charge in [-0.15, -0.1) is 0 Å². The van der Waals surface area contributed by atoms with Crippen molar-refractivity contribution < 1.29 is 0 Å². The third-order valence-corrected chi connectivity index (χ3v) is 10.5. The molecule has 10 aromatic rings. The zero-order valence-electron chi connectivity index (χ0n) is 28.4. The molecule has 3 heteroatoms. The van der Waals surface area contributed by atoms with Gasteiger partial charge >= 0.3 is 0 Å². The van der Waals surface area contributed by atoms with E-state index >= 15 is 0 Å². The van der Waals surface area contributed by atoms with Crippen LogP contribution in [0.2, 0.25) is 0 Å². The van der Waals surface area contributed by atoms with Gasteiger partial charge in [0.15, 0.2) is 0 Å². The molecule has 0 bridgehead atoms. The zero-order chi connectivity index (χ0) is 34.1. The lowest BCUT2D eigenvalue weighted by Crippen LogP contribution is -2.04. The maximum atomic E-state index is 5.29. The quantitative estimate of drug-likeness (QED) is 0.177. The first-order valence-electron chi connectivity index (χ1n) is 17.5. The van der Waals surface area contributed by atoms with E-state index in [1.165, 1.54) is 65.3 Å². The van der Waals surface area contributed by atoms with Crippen molar-refractivity contribution in [2.45, 2.75) is 13.8 Å². The Morgan fingerprint density at radius 3 is 1.41 bits per heavy atom. The van der Waals surface area contributed by atoms with Gasteiger partial charge in [0.05, 0.1) is 22.4 Å². The van der Waals surface area contributed by atoms with E-state index in [0.29, 0.717) is 5.95 Å². The van der Waals surface area contributed by atoms with Gasteiger partial charge in [0, 0.05) is 21.9 Å². The van der Waals surface area contributed by atoms with Crippen LogP contribution in [0.15, 0.2) is 164 Å². The molecule has 0 unspecified atom stereocenters. The van der Waals surface area contributed by atoms with Crippen molar-refractivity contribution in [1.29, 1.82) is 0 Å². The molecular weight excluding hydrogens is 619 g/mol. The van der Waals surface area contributed by atoms with Crippen molar-refractivity contribution in [2.24, 2.45) is 0 Å². The highest BCUT2D eigenvalue weighted by molar-refractivity contribution is 6.26. The molecule has 2 aromatic heterocycles. The van der Waals surface area contributed by atoms with E-state index in [4.69, 9.17) is 9.97 Å². The molecule has 240 valence electrons. The van der Waals surface area contributed by atoms with Gasteiger partial charge in [-0.2, -0.15) is 0 Å². The summed E-state index contributed by atoms with van der Waals surface area (Å²) in [6.45, 7) is 4.45. The van der Waals surface area contributed by atoms with Crippen LogP contribution in [0.4, 0.5) is 0 Å². The van der Waals surface area contributed by atoms with Crippen molar-refractivity contribution in [1.82, 2.24) is 14.5 Å². The van der Waals surface area contributed by atoms with Gasteiger partial charge in [-0.05, 0) is 98.8 Å². The van der Waals surface area contributed by atoms with Crippen LogP contribution in [0.3, 0.4) is 0 Å². The van der Waals surface area contributed by atoms with Gasteiger partial charge in [0.1, 0.15) is 0 Å². The summed E-state index contributed by atoms with van der Waals surface area (Å²) in [6.07, 6.45) is 0. The zero-order valence-corrected chi connectivity index (χ0v) is 28.4. The highest BCUT2D eigenvalue weighted by atomic mass is 15.2. The second-order valence-corrected chi connectivity index (χ2v) is 13.5. The van der Waals surface area contributed by atoms with E-state index in [0.717, 1.165) is 33.5 Å².